The minimum Gasteiger partial charge on any atom is -0.459 e. The summed E-state index contributed by atoms with van der Waals surface area (Å²) in [5.41, 5.74) is 2.48. The van der Waals surface area contributed by atoms with Crippen molar-refractivity contribution >= 4 is 17.6 Å². The van der Waals surface area contributed by atoms with E-state index in [4.69, 9.17) is 26.6 Å². The summed E-state index contributed by atoms with van der Waals surface area (Å²) in [6.45, 7) is 4.14. The average Bonchev–Trinajstić information content (AvgIpc) is 2.78. The molecule has 0 bridgehead atoms. The Labute approximate surface area is 187 Å². The number of halogens is 1. The third-order valence-electron chi connectivity index (χ3n) is 5.24. The van der Waals surface area contributed by atoms with Crippen LogP contribution in [0.4, 0.5) is 0 Å². The quantitative estimate of drug-likeness (QED) is 0.326. The summed E-state index contributed by atoms with van der Waals surface area (Å²) in [5.74, 6) is -0.605. The first-order valence-electron chi connectivity index (χ1n) is 10.4. The van der Waals surface area contributed by atoms with E-state index in [0.717, 1.165) is 37.7 Å². The van der Waals surface area contributed by atoms with Crippen LogP contribution in [0, 0.1) is 0 Å². The van der Waals surface area contributed by atoms with Crippen LogP contribution in [0.1, 0.15) is 17.2 Å². The monoisotopic (exact) mass is 448 g/mol. The molecule has 0 amide bonds. The van der Waals surface area contributed by atoms with E-state index in [0.29, 0.717) is 6.61 Å². The van der Waals surface area contributed by atoms with Crippen LogP contribution in [-0.2, 0) is 14.3 Å². The van der Waals surface area contributed by atoms with Gasteiger partial charge in [0.15, 0.2) is 6.29 Å². The smallest absolute Gasteiger partial charge is 0.332 e. The second-order valence-electron chi connectivity index (χ2n) is 7.46. The number of nitrogens with zero attached hydrogens (tertiary/aromatic N) is 2. The second-order valence-corrected chi connectivity index (χ2v) is 7.90. The first kappa shape index (κ1) is 23.7. The number of esters is 1. The topological polar surface area (TPSA) is 82.5 Å². The predicted octanol–water partition coefficient (Wildman–Crippen LogP) is 1.92. The zero-order valence-corrected chi connectivity index (χ0v) is 18.2. The molecule has 168 valence electrons. The van der Waals surface area contributed by atoms with E-state index in [2.05, 4.69) is 50.9 Å². The Morgan fingerprint density at radius 2 is 1.61 bits per heavy atom. The molecule has 2 aromatic carbocycles. The van der Waals surface area contributed by atoms with E-state index in [1.165, 1.54) is 11.1 Å². The molecule has 0 saturated carbocycles. The van der Waals surface area contributed by atoms with Gasteiger partial charge in [0, 0.05) is 37.7 Å². The van der Waals surface area contributed by atoms with Crippen molar-refractivity contribution in [2.45, 2.75) is 12.3 Å². The summed E-state index contributed by atoms with van der Waals surface area (Å²) in [5, 5.41) is 18.1. The highest BCUT2D eigenvalue weighted by molar-refractivity contribution is 6.30. The van der Waals surface area contributed by atoms with Gasteiger partial charge in [-0.2, -0.15) is 0 Å². The van der Waals surface area contributed by atoms with Crippen molar-refractivity contribution in [3.63, 3.8) is 0 Å². The van der Waals surface area contributed by atoms with Gasteiger partial charge in [0.05, 0.1) is 12.6 Å². The number of aliphatic hydroxyl groups excluding tert-OH is 1. The zero-order valence-electron chi connectivity index (χ0n) is 17.4. The molecule has 3 rings (SSSR count). The van der Waals surface area contributed by atoms with E-state index >= 15 is 0 Å². The maximum atomic E-state index is 11.4. The Hall–Kier alpha value is -2.00. The Kier molecular flexibility index (Phi) is 9.27. The molecule has 1 atom stereocenters. The lowest BCUT2D eigenvalue weighted by Gasteiger charge is -2.39. The number of rotatable bonds is 10. The highest BCUT2D eigenvalue weighted by atomic mass is 35.5. The van der Waals surface area contributed by atoms with Crippen molar-refractivity contribution in [3.05, 3.63) is 70.7 Å². The van der Waals surface area contributed by atoms with Crippen molar-refractivity contribution in [2.24, 2.45) is 0 Å². The molecule has 0 unspecified atom stereocenters. The van der Waals surface area contributed by atoms with Crippen LogP contribution in [0.5, 0.6) is 0 Å². The molecule has 0 radical (unpaired) electrons. The largest absolute Gasteiger partial charge is 0.459 e. The number of ether oxygens (including phenoxy) is 2. The molecular weight excluding hydrogens is 420 g/mol. The number of aliphatic hydroxyl groups is 2. The minimum absolute atomic E-state index is 0.175. The number of carbonyl (C=O) groups excluding carboxylic acids is 1. The fourth-order valence-electron chi connectivity index (χ4n) is 3.70. The van der Waals surface area contributed by atoms with Crippen LogP contribution >= 0.6 is 11.6 Å². The Balaban J connectivity index is 1.48. The van der Waals surface area contributed by atoms with Crippen molar-refractivity contribution < 1.29 is 24.5 Å². The van der Waals surface area contributed by atoms with Gasteiger partial charge in [-0.3, -0.25) is 9.80 Å². The van der Waals surface area contributed by atoms with Gasteiger partial charge < -0.3 is 19.7 Å². The number of hydrogen-bond donors (Lipinski definition) is 2. The summed E-state index contributed by atoms with van der Waals surface area (Å²) in [4.78, 5) is 16.2. The van der Waals surface area contributed by atoms with Gasteiger partial charge in [-0.25, -0.2) is 4.79 Å². The molecule has 0 aliphatic carbocycles. The molecule has 1 heterocycles. The summed E-state index contributed by atoms with van der Waals surface area (Å²) in [7, 11) is 0. The van der Waals surface area contributed by atoms with Crippen molar-refractivity contribution in [3.8, 4) is 0 Å². The summed E-state index contributed by atoms with van der Waals surface area (Å²) >= 11 is 6.10. The van der Waals surface area contributed by atoms with Gasteiger partial charge >= 0.3 is 5.97 Å². The maximum Gasteiger partial charge on any atom is 0.332 e. The number of hydrogen-bond acceptors (Lipinski definition) is 7. The van der Waals surface area contributed by atoms with E-state index in [1.807, 2.05) is 18.2 Å². The predicted molar refractivity (Wildman–Crippen MR) is 118 cm³/mol. The first-order valence-corrected chi connectivity index (χ1v) is 10.8. The van der Waals surface area contributed by atoms with Gasteiger partial charge in [-0.1, -0.05) is 54.1 Å². The number of piperazine rings is 1. The lowest BCUT2D eigenvalue weighted by atomic mass is 9.96. The molecule has 0 aromatic heterocycles. The van der Waals surface area contributed by atoms with Crippen LogP contribution in [-0.4, -0.2) is 84.8 Å². The van der Waals surface area contributed by atoms with E-state index in [-0.39, 0.29) is 12.6 Å². The van der Waals surface area contributed by atoms with Crippen LogP contribution < -0.4 is 0 Å². The van der Waals surface area contributed by atoms with E-state index in [1.54, 1.807) is 0 Å². The molecule has 31 heavy (non-hydrogen) atoms. The standard InChI is InChI=1S/C23H29ClN2O5/c24-20-8-6-19(7-9-20)23(18-4-2-1-3-5-18)26-12-10-25(11-13-26)14-15-30-17-22(29)31-16-21(27)28/h1-9,21,23,27-28H,10-17H2/t23-/m1/s1. The molecule has 8 heteroatoms. The third-order valence-corrected chi connectivity index (χ3v) is 5.49. The highest BCUT2D eigenvalue weighted by Crippen LogP contribution is 2.30. The average molecular weight is 449 g/mol. The van der Waals surface area contributed by atoms with Crippen LogP contribution in [0.3, 0.4) is 0 Å². The molecule has 1 aliphatic heterocycles. The Morgan fingerprint density at radius 1 is 0.968 bits per heavy atom. The van der Waals surface area contributed by atoms with Crippen LogP contribution in [0.2, 0.25) is 5.02 Å². The summed E-state index contributed by atoms with van der Waals surface area (Å²) in [6.07, 6.45) is -1.66. The fraction of sp³-hybridized carbons (Fsp3) is 0.435. The molecule has 0 spiro atoms. The zero-order chi connectivity index (χ0) is 22.1. The van der Waals surface area contributed by atoms with Crippen molar-refractivity contribution in [2.75, 3.05) is 52.5 Å². The molecule has 2 N–H and O–H groups in total. The molecule has 1 aliphatic rings. The SMILES string of the molecule is O=C(COCCN1CCN([C@H](c2ccccc2)c2ccc(Cl)cc2)CC1)OCC(O)O. The minimum atomic E-state index is -1.66. The van der Waals surface area contributed by atoms with E-state index in [9.17, 15) is 4.79 Å². The molecule has 7 nitrogen and oxygen atoms in total. The van der Waals surface area contributed by atoms with Crippen molar-refractivity contribution in [1.82, 2.24) is 9.80 Å². The van der Waals surface area contributed by atoms with Gasteiger partial charge in [-0.05, 0) is 23.3 Å². The summed E-state index contributed by atoms with van der Waals surface area (Å²) in [6, 6.07) is 18.7. The van der Waals surface area contributed by atoms with Gasteiger partial charge in [-0.15, -0.1) is 0 Å². The fourth-order valence-corrected chi connectivity index (χ4v) is 3.82. The van der Waals surface area contributed by atoms with Gasteiger partial charge in [0.25, 0.3) is 0 Å². The molecule has 1 fully saturated rings. The molecule has 2 aromatic rings. The second kappa shape index (κ2) is 12.1. The third kappa shape index (κ3) is 7.57. The Bertz CT molecular complexity index is 795. The summed E-state index contributed by atoms with van der Waals surface area (Å²) < 4.78 is 9.98. The highest BCUT2D eigenvalue weighted by Gasteiger charge is 2.26. The lowest BCUT2D eigenvalue weighted by Crippen LogP contribution is -2.48. The maximum absolute atomic E-state index is 11.4. The van der Waals surface area contributed by atoms with E-state index < -0.39 is 18.9 Å². The molecular formula is C23H29ClN2O5. The van der Waals surface area contributed by atoms with Gasteiger partial charge in [0.1, 0.15) is 13.2 Å². The van der Waals surface area contributed by atoms with Crippen LogP contribution in [0.15, 0.2) is 54.6 Å². The number of benzene rings is 2. The normalized spacial score (nSPS) is 16.4. The van der Waals surface area contributed by atoms with Crippen LogP contribution in [0.25, 0.3) is 0 Å². The Morgan fingerprint density at radius 3 is 2.26 bits per heavy atom. The first-order chi connectivity index (χ1) is 15.0. The van der Waals surface area contributed by atoms with Crippen molar-refractivity contribution in [1.29, 1.82) is 0 Å². The number of carbonyl (C=O) groups is 1. The lowest BCUT2D eigenvalue weighted by molar-refractivity contribution is -0.161. The van der Waals surface area contributed by atoms with Gasteiger partial charge in [0.2, 0.25) is 0 Å². The molecule has 1 saturated heterocycles.